The summed E-state index contributed by atoms with van der Waals surface area (Å²) in [5.41, 5.74) is 3.15. The number of benzene rings is 2. The zero-order valence-electron chi connectivity index (χ0n) is 13.0. The highest BCUT2D eigenvalue weighted by Gasteiger charge is 2.15. The van der Waals surface area contributed by atoms with Crippen molar-refractivity contribution >= 4 is 23.2 Å². The monoisotopic (exact) mass is 341 g/mol. The first-order chi connectivity index (χ1) is 11.6. The van der Waals surface area contributed by atoms with Crippen molar-refractivity contribution in [3.8, 4) is 5.69 Å². The van der Waals surface area contributed by atoms with Gasteiger partial charge in [0.1, 0.15) is 0 Å². The molecule has 0 bridgehead atoms. The quantitative estimate of drug-likeness (QED) is 0.762. The largest absolute Gasteiger partial charge is 0.392 e. The molecule has 0 aliphatic heterocycles. The maximum atomic E-state index is 12.4. The molecule has 24 heavy (non-hydrogen) atoms. The van der Waals surface area contributed by atoms with Gasteiger partial charge in [-0.05, 0) is 42.8 Å². The molecule has 0 unspecified atom stereocenters. The molecule has 1 amide bonds. The highest BCUT2D eigenvalue weighted by atomic mass is 35.5. The Morgan fingerprint density at radius 1 is 1.21 bits per heavy atom. The Morgan fingerprint density at radius 2 is 2.00 bits per heavy atom. The maximum absolute atomic E-state index is 12.4. The zero-order chi connectivity index (χ0) is 17.1. The van der Waals surface area contributed by atoms with Gasteiger partial charge in [-0.1, -0.05) is 35.9 Å². The van der Waals surface area contributed by atoms with Crippen LogP contribution in [0.5, 0.6) is 0 Å². The van der Waals surface area contributed by atoms with E-state index in [9.17, 15) is 4.79 Å². The van der Waals surface area contributed by atoms with Crippen LogP contribution in [0.3, 0.4) is 0 Å². The van der Waals surface area contributed by atoms with Gasteiger partial charge in [0, 0.05) is 11.4 Å². The fourth-order valence-corrected chi connectivity index (χ4v) is 2.61. The Labute approximate surface area is 144 Å². The van der Waals surface area contributed by atoms with Gasteiger partial charge in [0.05, 0.1) is 17.3 Å². The number of aliphatic hydroxyl groups excluding tert-OH is 1. The molecule has 3 rings (SSSR count). The molecular formula is C18H16ClN3O2. The van der Waals surface area contributed by atoms with Crippen molar-refractivity contribution < 1.29 is 9.90 Å². The van der Waals surface area contributed by atoms with Gasteiger partial charge in [0.15, 0.2) is 5.69 Å². The predicted molar refractivity (Wildman–Crippen MR) is 93.6 cm³/mol. The zero-order valence-corrected chi connectivity index (χ0v) is 13.8. The summed E-state index contributed by atoms with van der Waals surface area (Å²) in [7, 11) is 0. The van der Waals surface area contributed by atoms with Crippen molar-refractivity contribution in [3.05, 3.63) is 76.6 Å². The number of para-hydroxylation sites is 1. The summed E-state index contributed by atoms with van der Waals surface area (Å²) in [6.45, 7) is 1.78. The minimum absolute atomic E-state index is 0.0794. The predicted octanol–water partition coefficient (Wildman–Crippen LogP) is 3.58. The highest BCUT2D eigenvalue weighted by molar-refractivity contribution is 6.32. The van der Waals surface area contributed by atoms with Crippen LogP contribution in [-0.2, 0) is 6.61 Å². The number of aryl methyl sites for hydroxylation is 1. The third kappa shape index (κ3) is 3.32. The topological polar surface area (TPSA) is 67.2 Å². The number of carbonyl (C=O) groups excluding carboxylic acids is 1. The second-order valence-electron chi connectivity index (χ2n) is 5.35. The van der Waals surface area contributed by atoms with Gasteiger partial charge in [0.2, 0.25) is 0 Å². The van der Waals surface area contributed by atoms with Crippen LogP contribution >= 0.6 is 11.6 Å². The molecule has 0 fully saturated rings. The number of nitrogens with zero attached hydrogens (tertiary/aromatic N) is 2. The number of aromatic nitrogens is 2. The van der Waals surface area contributed by atoms with Crippen LogP contribution in [0.25, 0.3) is 5.69 Å². The van der Waals surface area contributed by atoms with Crippen LogP contribution in [0.2, 0.25) is 5.02 Å². The second-order valence-corrected chi connectivity index (χ2v) is 5.75. The van der Waals surface area contributed by atoms with E-state index in [1.807, 2.05) is 25.1 Å². The average Bonchev–Trinajstić information content (AvgIpc) is 2.97. The summed E-state index contributed by atoms with van der Waals surface area (Å²) in [6.07, 6.45) is 0. The fraction of sp³-hybridized carbons (Fsp3) is 0.111. The maximum Gasteiger partial charge on any atom is 0.276 e. The van der Waals surface area contributed by atoms with E-state index in [2.05, 4.69) is 10.4 Å². The van der Waals surface area contributed by atoms with Gasteiger partial charge in [-0.2, -0.15) is 5.10 Å². The molecule has 122 valence electrons. The summed E-state index contributed by atoms with van der Waals surface area (Å²) in [4.78, 5) is 12.4. The molecule has 2 aromatic carbocycles. The van der Waals surface area contributed by atoms with Crippen LogP contribution in [0, 0.1) is 6.92 Å². The van der Waals surface area contributed by atoms with Gasteiger partial charge >= 0.3 is 0 Å². The first kappa shape index (κ1) is 16.2. The third-order valence-corrected chi connectivity index (χ3v) is 3.89. The lowest BCUT2D eigenvalue weighted by Crippen LogP contribution is -2.13. The number of amides is 1. The summed E-state index contributed by atoms with van der Waals surface area (Å²) in [5.74, 6) is -0.320. The standard InChI is InChI=1S/C18H16ClN3O2/c1-12-9-16(21-22(12)17-8-3-2-7-15(17)19)18(24)20-14-6-4-5-13(10-14)11-23/h2-10,23H,11H2,1H3,(H,20,24). The van der Waals surface area contributed by atoms with Crippen molar-refractivity contribution in [1.29, 1.82) is 0 Å². The summed E-state index contributed by atoms with van der Waals surface area (Å²) in [6, 6.07) is 16.1. The van der Waals surface area contributed by atoms with Gasteiger partial charge in [-0.15, -0.1) is 0 Å². The average molecular weight is 342 g/mol. The molecule has 2 N–H and O–H groups in total. The SMILES string of the molecule is Cc1cc(C(=O)Nc2cccc(CO)c2)nn1-c1ccccc1Cl. The Bertz CT molecular complexity index is 889. The minimum Gasteiger partial charge on any atom is -0.392 e. The summed E-state index contributed by atoms with van der Waals surface area (Å²) < 4.78 is 1.64. The van der Waals surface area contributed by atoms with Gasteiger partial charge in [0.25, 0.3) is 5.91 Å². The van der Waals surface area contributed by atoms with E-state index in [0.717, 1.165) is 16.9 Å². The number of carbonyl (C=O) groups is 1. The Hall–Kier alpha value is -2.63. The number of anilines is 1. The Kier molecular flexibility index (Phi) is 4.64. The Morgan fingerprint density at radius 3 is 2.75 bits per heavy atom. The van der Waals surface area contributed by atoms with Crippen molar-refractivity contribution in [1.82, 2.24) is 9.78 Å². The van der Waals surface area contributed by atoms with Gasteiger partial charge in [-0.25, -0.2) is 4.68 Å². The normalized spacial score (nSPS) is 10.6. The number of halogens is 1. The molecule has 0 aliphatic carbocycles. The molecule has 6 heteroatoms. The van der Waals surface area contributed by atoms with Crippen molar-refractivity contribution in [2.45, 2.75) is 13.5 Å². The Balaban J connectivity index is 1.86. The number of hydrogen-bond acceptors (Lipinski definition) is 3. The summed E-state index contributed by atoms with van der Waals surface area (Å²) >= 11 is 6.20. The molecule has 3 aromatic rings. The molecule has 0 spiro atoms. The van der Waals surface area contributed by atoms with E-state index in [1.54, 1.807) is 41.1 Å². The molecule has 1 aromatic heterocycles. The number of aliphatic hydroxyl groups is 1. The van der Waals surface area contributed by atoms with E-state index in [0.29, 0.717) is 16.4 Å². The number of nitrogens with one attached hydrogen (secondary N) is 1. The first-order valence-electron chi connectivity index (χ1n) is 7.41. The molecule has 1 heterocycles. The second kappa shape index (κ2) is 6.86. The molecule has 0 radical (unpaired) electrons. The van der Waals surface area contributed by atoms with Crippen molar-refractivity contribution in [2.24, 2.45) is 0 Å². The van der Waals surface area contributed by atoms with E-state index in [4.69, 9.17) is 16.7 Å². The van der Waals surface area contributed by atoms with Crippen LogP contribution in [0.15, 0.2) is 54.6 Å². The molecule has 0 saturated carbocycles. The van der Waals surface area contributed by atoms with Gasteiger partial charge < -0.3 is 10.4 Å². The smallest absolute Gasteiger partial charge is 0.276 e. The van der Waals surface area contributed by atoms with Crippen molar-refractivity contribution in [3.63, 3.8) is 0 Å². The molecule has 5 nitrogen and oxygen atoms in total. The molecule has 0 saturated heterocycles. The van der Waals surface area contributed by atoms with E-state index in [-0.39, 0.29) is 12.5 Å². The van der Waals surface area contributed by atoms with E-state index in [1.165, 1.54) is 0 Å². The van der Waals surface area contributed by atoms with Crippen molar-refractivity contribution in [2.75, 3.05) is 5.32 Å². The first-order valence-corrected chi connectivity index (χ1v) is 7.79. The lowest BCUT2D eigenvalue weighted by Gasteiger charge is -2.06. The summed E-state index contributed by atoms with van der Waals surface area (Å²) in [5, 5.41) is 16.9. The number of hydrogen-bond donors (Lipinski definition) is 2. The fourth-order valence-electron chi connectivity index (χ4n) is 2.40. The van der Waals surface area contributed by atoms with Crippen LogP contribution in [0.4, 0.5) is 5.69 Å². The lowest BCUT2D eigenvalue weighted by atomic mass is 10.2. The molecule has 0 atom stereocenters. The highest BCUT2D eigenvalue weighted by Crippen LogP contribution is 2.21. The van der Waals surface area contributed by atoms with E-state index >= 15 is 0 Å². The molecule has 0 aliphatic rings. The van der Waals surface area contributed by atoms with Crippen LogP contribution in [0.1, 0.15) is 21.7 Å². The lowest BCUT2D eigenvalue weighted by molar-refractivity contribution is 0.102. The van der Waals surface area contributed by atoms with Crippen LogP contribution in [-0.4, -0.2) is 20.8 Å². The molecular weight excluding hydrogens is 326 g/mol. The minimum atomic E-state index is -0.320. The van der Waals surface area contributed by atoms with Crippen LogP contribution < -0.4 is 5.32 Å². The van der Waals surface area contributed by atoms with E-state index < -0.39 is 0 Å². The van der Waals surface area contributed by atoms with Gasteiger partial charge in [-0.3, -0.25) is 4.79 Å². The number of rotatable bonds is 4. The third-order valence-electron chi connectivity index (χ3n) is 3.57.